The Morgan fingerprint density at radius 2 is 1.12 bits per heavy atom. The standard InChI is InChI=1S/C25H19N5.2ClH.Fe/c1-30-20(16-28-22-10-2-6-18-8-4-14-26-24(18)22)12-13-21(30)17-29-23-11-3-7-19-9-5-15-27-25(19)23;;;/h2-17H,1H3;2*1H;/q;;;+2/p-2. The third-order valence-corrected chi connectivity index (χ3v) is 5.09. The van der Waals surface area contributed by atoms with Crippen molar-refractivity contribution in [1.82, 2.24) is 14.5 Å². The summed E-state index contributed by atoms with van der Waals surface area (Å²) in [6.45, 7) is 0. The molecular formula is C25H19Cl2FeN5. The van der Waals surface area contributed by atoms with Crippen molar-refractivity contribution in [1.29, 1.82) is 0 Å². The Morgan fingerprint density at radius 1 is 0.697 bits per heavy atom. The number of nitrogens with zero attached hydrogens (tertiary/aromatic N) is 5. The summed E-state index contributed by atoms with van der Waals surface area (Å²) in [7, 11) is 11.5. The predicted molar refractivity (Wildman–Crippen MR) is 135 cm³/mol. The molecule has 0 fully saturated rings. The summed E-state index contributed by atoms with van der Waals surface area (Å²) < 4.78 is 2.06. The van der Waals surface area contributed by atoms with Gasteiger partial charge in [0.2, 0.25) is 0 Å². The van der Waals surface area contributed by atoms with E-state index in [9.17, 15) is 0 Å². The second-order valence-corrected chi connectivity index (χ2v) is 8.84. The molecule has 3 heterocycles. The molecule has 0 aliphatic heterocycles. The molecule has 5 nitrogen and oxygen atoms in total. The topological polar surface area (TPSA) is 55.4 Å². The molecular weight excluding hydrogens is 497 g/mol. The average molecular weight is 516 g/mol. The molecule has 5 aromatic rings. The number of pyridine rings is 2. The molecule has 0 atom stereocenters. The van der Waals surface area contributed by atoms with Crippen molar-refractivity contribution in [3.8, 4) is 0 Å². The van der Waals surface area contributed by atoms with Crippen LogP contribution < -0.4 is 0 Å². The Hall–Kier alpha value is -3.02. The number of rotatable bonds is 4. The number of benzene rings is 2. The average Bonchev–Trinajstić information content (AvgIpc) is 3.21. The van der Waals surface area contributed by atoms with Gasteiger partial charge in [0.05, 0.1) is 46.2 Å². The number of fused-ring (bicyclic) bond motifs is 2. The van der Waals surface area contributed by atoms with Gasteiger partial charge in [-0.05, 0) is 36.4 Å². The Morgan fingerprint density at radius 3 is 1.58 bits per heavy atom. The number of hydrogen-bond acceptors (Lipinski definition) is 4. The maximum atomic E-state index is 4.76. The second kappa shape index (κ2) is 11.2. The van der Waals surface area contributed by atoms with E-state index in [1.54, 1.807) is 12.4 Å². The molecule has 0 saturated carbocycles. The summed E-state index contributed by atoms with van der Waals surface area (Å²) >= 11 is 0.194. The van der Waals surface area contributed by atoms with Crippen LogP contribution >= 0.6 is 20.2 Å². The number of hydrogen-bond donors (Lipinski definition) is 0. The minimum atomic E-state index is 0.194. The van der Waals surface area contributed by atoms with Crippen LogP contribution in [-0.4, -0.2) is 27.0 Å². The molecule has 0 radical (unpaired) electrons. The van der Waals surface area contributed by atoms with E-state index in [1.807, 2.05) is 92.3 Å². The van der Waals surface area contributed by atoms with E-state index in [1.165, 1.54) is 0 Å². The van der Waals surface area contributed by atoms with E-state index >= 15 is 0 Å². The fourth-order valence-corrected chi connectivity index (χ4v) is 3.46. The quantitative estimate of drug-likeness (QED) is 0.191. The van der Waals surface area contributed by atoms with Crippen LogP contribution in [0.4, 0.5) is 11.4 Å². The summed E-state index contributed by atoms with van der Waals surface area (Å²) in [6.07, 6.45) is 7.31. The predicted octanol–water partition coefficient (Wildman–Crippen LogP) is 7.00. The van der Waals surface area contributed by atoms with Gasteiger partial charge in [0.25, 0.3) is 0 Å². The molecule has 0 unspecified atom stereocenters. The van der Waals surface area contributed by atoms with Crippen LogP contribution in [0.1, 0.15) is 11.4 Å². The molecule has 0 bridgehead atoms. The first-order valence-corrected chi connectivity index (χ1v) is 13.0. The number of para-hydroxylation sites is 2. The molecule has 0 saturated heterocycles. The van der Waals surface area contributed by atoms with Crippen molar-refractivity contribution in [2.75, 3.05) is 0 Å². The summed E-state index contributed by atoms with van der Waals surface area (Å²) in [5.41, 5.74) is 5.48. The van der Waals surface area contributed by atoms with Crippen LogP contribution in [0.2, 0.25) is 0 Å². The Bertz CT molecular complexity index is 1330. The molecule has 33 heavy (non-hydrogen) atoms. The molecule has 5 rings (SSSR count). The van der Waals surface area contributed by atoms with Crippen LogP contribution in [0, 0.1) is 0 Å². The fraction of sp³-hybridized carbons (Fsp3) is 0.0400. The van der Waals surface area contributed by atoms with E-state index < -0.39 is 0 Å². The van der Waals surface area contributed by atoms with E-state index in [4.69, 9.17) is 20.2 Å². The van der Waals surface area contributed by atoms with Gasteiger partial charge in [0.15, 0.2) is 0 Å². The molecule has 166 valence electrons. The van der Waals surface area contributed by atoms with Gasteiger partial charge >= 0.3 is 33.3 Å². The van der Waals surface area contributed by atoms with Crippen molar-refractivity contribution in [3.63, 3.8) is 0 Å². The van der Waals surface area contributed by atoms with Crippen molar-refractivity contribution < 1.29 is 13.1 Å². The van der Waals surface area contributed by atoms with Crippen molar-refractivity contribution in [3.05, 3.63) is 96.6 Å². The van der Waals surface area contributed by atoms with Crippen molar-refractivity contribution >= 4 is 65.8 Å². The van der Waals surface area contributed by atoms with Crippen LogP contribution in [0.15, 0.2) is 95.2 Å². The zero-order chi connectivity index (χ0) is 23.0. The normalized spacial score (nSPS) is 11.5. The second-order valence-electron chi connectivity index (χ2n) is 7.01. The first-order valence-electron chi connectivity index (χ1n) is 9.98. The van der Waals surface area contributed by atoms with Gasteiger partial charge in [-0.3, -0.25) is 20.0 Å². The summed E-state index contributed by atoms with van der Waals surface area (Å²) in [5, 5.41) is 2.16. The molecule has 8 heteroatoms. The SMILES string of the molecule is Cn1c(C=Nc2cccc3cccnc23)ccc1C=Nc1cccc2cccnc12.[Cl][Fe][Cl]. The summed E-state index contributed by atoms with van der Waals surface area (Å²) in [5.74, 6) is 0. The van der Waals surface area contributed by atoms with E-state index in [0.717, 1.165) is 44.6 Å². The van der Waals surface area contributed by atoms with Gasteiger partial charge in [-0.15, -0.1) is 0 Å². The van der Waals surface area contributed by atoms with Crippen LogP contribution in [0.3, 0.4) is 0 Å². The molecule has 2 aromatic carbocycles. The monoisotopic (exact) mass is 515 g/mol. The zero-order valence-corrected chi connectivity index (χ0v) is 20.2. The van der Waals surface area contributed by atoms with Crippen molar-refractivity contribution in [2.45, 2.75) is 0 Å². The molecule has 0 spiro atoms. The van der Waals surface area contributed by atoms with Crippen LogP contribution in [0.5, 0.6) is 0 Å². The Kier molecular flexibility index (Phi) is 7.87. The van der Waals surface area contributed by atoms with Gasteiger partial charge in [-0.1, -0.05) is 36.4 Å². The third-order valence-electron chi connectivity index (χ3n) is 5.09. The number of aliphatic imine (C=N–C) groups is 2. The van der Waals surface area contributed by atoms with Crippen molar-refractivity contribution in [2.24, 2.45) is 17.0 Å². The molecule has 3 aromatic heterocycles. The molecule has 0 N–H and O–H groups in total. The number of aromatic nitrogens is 3. The third kappa shape index (κ3) is 5.49. The van der Waals surface area contributed by atoms with Gasteiger partial charge < -0.3 is 4.57 Å². The maximum absolute atomic E-state index is 4.76. The van der Waals surface area contributed by atoms with E-state index in [-0.39, 0.29) is 13.1 Å². The van der Waals surface area contributed by atoms with Gasteiger partial charge in [-0.25, -0.2) is 0 Å². The van der Waals surface area contributed by atoms with Gasteiger partial charge in [0.1, 0.15) is 0 Å². The molecule has 0 aliphatic rings. The van der Waals surface area contributed by atoms with E-state index in [0.29, 0.717) is 0 Å². The Balaban J connectivity index is 0.000000821. The molecule has 0 amide bonds. The first-order chi connectivity index (χ1) is 16.2. The molecule has 0 aliphatic carbocycles. The zero-order valence-electron chi connectivity index (χ0n) is 17.6. The van der Waals surface area contributed by atoms with Crippen LogP contribution in [0.25, 0.3) is 21.8 Å². The Labute approximate surface area is 206 Å². The fourth-order valence-electron chi connectivity index (χ4n) is 3.46. The minimum absolute atomic E-state index is 0.194. The summed E-state index contributed by atoms with van der Waals surface area (Å²) in [4.78, 5) is 18.3. The first kappa shape index (κ1) is 23.1. The number of halogens is 2. The van der Waals surface area contributed by atoms with E-state index in [2.05, 4.69) is 24.5 Å². The summed E-state index contributed by atoms with van der Waals surface area (Å²) in [6, 6.07) is 24.1. The van der Waals surface area contributed by atoms with Gasteiger partial charge in [0, 0.05) is 30.2 Å². The van der Waals surface area contributed by atoms with Gasteiger partial charge in [-0.2, -0.15) is 0 Å². The van der Waals surface area contributed by atoms with Crippen LogP contribution in [-0.2, 0) is 20.2 Å².